The molecule has 3 nitrogen and oxygen atoms in total. The van der Waals surface area contributed by atoms with Gasteiger partial charge in [-0.3, -0.25) is 4.79 Å². The minimum absolute atomic E-state index is 0.0169. The summed E-state index contributed by atoms with van der Waals surface area (Å²) in [6, 6.07) is 5.10. The zero-order valence-electron chi connectivity index (χ0n) is 9.88. The highest BCUT2D eigenvalue weighted by Gasteiger charge is 2.35. The Morgan fingerprint density at radius 1 is 1.44 bits per heavy atom. The van der Waals surface area contributed by atoms with Gasteiger partial charge in [0.05, 0.1) is 17.7 Å². The number of hydrogen-bond acceptors (Lipinski definition) is 2. The number of benzene rings is 1. The topological polar surface area (TPSA) is 49.3 Å². The maximum atomic E-state index is 12.2. The highest BCUT2D eigenvalue weighted by Crippen LogP contribution is 2.30. The molecule has 1 aromatic rings. The largest absolute Gasteiger partial charge is 0.394 e. The van der Waals surface area contributed by atoms with Crippen LogP contribution in [0, 0.1) is 0 Å². The van der Waals surface area contributed by atoms with Crippen LogP contribution in [-0.2, 0) is 0 Å². The average molecular weight is 333 g/mol. The summed E-state index contributed by atoms with van der Waals surface area (Å²) in [6.07, 6.45) is 3.73. The lowest BCUT2D eigenvalue weighted by Crippen LogP contribution is -2.49. The molecule has 18 heavy (non-hydrogen) atoms. The molecule has 1 aliphatic rings. The second-order valence-corrected chi connectivity index (χ2v) is 6.01. The van der Waals surface area contributed by atoms with Crippen molar-refractivity contribution < 1.29 is 9.90 Å². The van der Waals surface area contributed by atoms with Gasteiger partial charge in [-0.1, -0.05) is 24.4 Å². The number of hydrogen-bond donors (Lipinski definition) is 2. The van der Waals surface area contributed by atoms with Gasteiger partial charge in [-0.15, -0.1) is 0 Å². The molecule has 1 aromatic carbocycles. The van der Waals surface area contributed by atoms with E-state index in [0.717, 1.165) is 25.7 Å². The fourth-order valence-electron chi connectivity index (χ4n) is 2.35. The number of carbonyl (C=O) groups excluding carboxylic acids is 1. The van der Waals surface area contributed by atoms with Gasteiger partial charge in [0, 0.05) is 9.50 Å². The molecule has 0 atom stereocenters. The Kier molecular flexibility index (Phi) is 4.30. The van der Waals surface area contributed by atoms with Crippen LogP contribution in [0.2, 0.25) is 5.02 Å². The maximum absolute atomic E-state index is 12.2. The normalized spacial score (nSPS) is 17.7. The van der Waals surface area contributed by atoms with E-state index < -0.39 is 5.54 Å². The summed E-state index contributed by atoms with van der Waals surface area (Å²) < 4.78 is 0.704. The number of aliphatic hydroxyl groups excluding tert-OH is 1. The third kappa shape index (κ3) is 2.87. The van der Waals surface area contributed by atoms with Crippen molar-refractivity contribution in [2.45, 2.75) is 31.2 Å². The van der Waals surface area contributed by atoms with E-state index in [4.69, 9.17) is 11.6 Å². The van der Waals surface area contributed by atoms with Crippen molar-refractivity contribution in [3.05, 3.63) is 33.3 Å². The Labute approximate surface area is 120 Å². The van der Waals surface area contributed by atoms with E-state index in [1.54, 1.807) is 18.2 Å². The van der Waals surface area contributed by atoms with Crippen molar-refractivity contribution in [2.75, 3.05) is 6.61 Å². The van der Waals surface area contributed by atoms with Crippen molar-refractivity contribution in [2.24, 2.45) is 0 Å². The number of rotatable bonds is 3. The molecular weight excluding hydrogens is 318 g/mol. The van der Waals surface area contributed by atoms with Gasteiger partial charge in [0.15, 0.2) is 0 Å². The Balaban J connectivity index is 2.18. The lowest BCUT2D eigenvalue weighted by atomic mass is 9.98. The van der Waals surface area contributed by atoms with Gasteiger partial charge in [-0.05, 0) is 47.0 Å². The zero-order chi connectivity index (χ0) is 13.2. The predicted octanol–water partition coefficient (Wildman–Crippen LogP) is 3.14. The minimum Gasteiger partial charge on any atom is -0.394 e. The lowest BCUT2D eigenvalue weighted by Gasteiger charge is -2.28. The summed E-state index contributed by atoms with van der Waals surface area (Å²) in [7, 11) is 0. The van der Waals surface area contributed by atoms with Gasteiger partial charge in [0.2, 0.25) is 0 Å². The van der Waals surface area contributed by atoms with E-state index in [1.807, 2.05) is 0 Å². The fourth-order valence-corrected chi connectivity index (χ4v) is 2.95. The molecule has 1 saturated carbocycles. The van der Waals surface area contributed by atoms with E-state index in [9.17, 15) is 9.90 Å². The molecule has 2 rings (SSSR count). The van der Waals surface area contributed by atoms with Crippen LogP contribution in [0.15, 0.2) is 22.7 Å². The average Bonchev–Trinajstić information content (AvgIpc) is 2.81. The van der Waals surface area contributed by atoms with Crippen LogP contribution in [0.3, 0.4) is 0 Å². The van der Waals surface area contributed by atoms with Crippen LogP contribution in [0.4, 0.5) is 0 Å². The molecule has 1 fully saturated rings. The molecule has 0 saturated heterocycles. The first kappa shape index (κ1) is 13.8. The first-order valence-corrected chi connectivity index (χ1v) is 7.12. The summed E-state index contributed by atoms with van der Waals surface area (Å²) in [5.74, 6) is -0.194. The summed E-state index contributed by atoms with van der Waals surface area (Å²) in [5.41, 5.74) is 0.0426. The van der Waals surface area contributed by atoms with Crippen LogP contribution >= 0.6 is 27.5 Å². The Morgan fingerprint density at radius 2 is 2.11 bits per heavy atom. The predicted molar refractivity (Wildman–Crippen MR) is 74.9 cm³/mol. The molecule has 0 radical (unpaired) electrons. The van der Waals surface area contributed by atoms with Crippen molar-refractivity contribution >= 4 is 33.4 Å². The van der Waals surface area contributed by atoms with Gasteiger partial charge in [0.25, 0.3) is 5.91 Å². The Morgan fingerprint density at radius 3 is 2.72 bits per heavy atom. The van der Waals surface area contributed by atoms with Crippen LogP contribution in [-0.4, -0.2) is 23.2 Å². The second kappa shape index (κ2) is 5.59. The fraction of sp³-hybridized carbons (Fsp3) is 0.462. The first-order valence-electron chi connectivity index (χ1n) is 5.95. The minimum atomic E-state index is -0.459. The maximum Gasteiger partial charge on any atom is 0.252 e. The number of nitrogens with one attached hydrogen (secondary N) is 1. The molecule has 0 spiro atoms. The quantitative estimate of drug-likeness (QED) is 0.893. The zero-order valence-corrected chi connectivity index (χ0v) is 12.2. The van der Waals surface area contributed by atoms with Crippen molar-refractivity contribution in [3.8, 4) is 0 Å². The molecule has 98 valence electrons. The van der Waals surface area contributed by atoms with E-state index in [2.05, 4.69) is 21.2 Å². The van der Waals surface area contributed by atoms with Gasteiger partial charge in [-0.25, -0.2) is 0 Å². The van der Waals surface area contributed by atoms with Crippen molar-refractivity contribution in [1.29, 1.82) is 0 Å². The van der Waals surface area contributed by atoms with Gasteiger partial charge < -0.3 is 10.4 Å². The SMILES string of the molecule is O=C(NC1(CO)CCCC1)c1cc(Cl)ccc1Br. The third-order valence-corrected chi connectivity index (χ3v) is 4.34. The van der Waals surface area contributed by atoms with Crippen molar-refractivity contribution in [1.82, 2.24) is 5.32 Å². The second-order valence-electron chi connectivity index (χ2n) is 4.72. The Bertz CT molecular complexity index is 458. The van der Waals surface area contributed by atoms with E-state index in [0.29, 0.717) is 15.1 Å². The van der Waals surface area contributed by atoms with Crippen LogP contribution in [0.5, 0.6) is 0 Å². The molecule has 0 aromatic heterocycles. The molecule has 5 heteroatoms. The van der Waals surface area contributed by atoms with Crippen LogP contribution in [0.1, 0.15) is 36.0 Å². The Hall–Kier alpha value is -0.580. The summed E-state index contributed by atoms with van der Waals surface area (Å²) in [5, 5.41) is 13.0. The number of carbonyl (C=O) groups is 1. The molecule has 1 amide bonds. The van der Waals surface area contributed by atoms with Crippen LogP contribution < -0.4 is 5.32 Å². The number of amides is 1. The molecule has 0 bridgehead atoms. The highest BCUT2D eigenvalue weighted by molar-refractivity contribution is 9.10. The standard InChI is InChI=1S/C13H15BrClNO2/c14-11-4-3-9(15)7-10(11)12(18)16-13(8-17)5-1-2-6-13/h3-4,7,17H,1-2,5-6,8H2,(H,16,18). The smallest absolute Gasteiger partial charge is 0.252 e. The molecule has 0 heterocycles. The molecule has 1 aliphatic carbocycles. The number of halogens is 2. The van der Waals surface area contributed by atoms with E-state index >= 15 is 0 Å². The summed E-state index contributed by atoms with van der Waals surface area (Å²) in [6.45, 7) is -0.0169. The summed E-state index contributed by atoms with van der Waals surface area (Å²) in [4.78, 5) is 12.2. The molecule has 0 aliphatic heterocycles. The van der Waals surface area contributed by atoms with E-state index in [-0.39, 0.29) is 12.5 Å². The van der Waals surface area contributed by atoms with Crippen molar-refractivity contribution in [3.63, 3.8) is 0 Å². The lowest BCUT2D eigenvalue weighted by molar-refractivity contribution is 0.0837. The first-order chi connectivity index (χ1) is 8.56. The van der Waals surface area contributed by atoms with Gasteiger partial charge in [0.1, 0.15) is 0 Å². The third-order valence-electron chi connectivity index (χ3n) is 3.42. The molecule has 2 N–H and O–H groups in total. The highest BCUT2D eigenvalue weighted by atomic mass is 79.9. The van der Waals surface area contributed by atoms with Crippen LogP contribution in [0.25, 0.3) is 0 Å². The number of aliphatic hydroxyl groups is 1. The molecular formula is C13H15BrClNO2. The monoisotopic (exact) mass is 331 g/mol. The van der Waals surface area contributed by atoms with Gasteiger partial charge in [-0.2, -0.15) is 0 Å². The molecule has 0 unspecified atom stereocenters. The summed E-state index contributed by atoms with van der Waals surface area (Å²) >= 11 is 9.23. The van der Waals surface area contributed by atoms with E-state index in [1.165, 1.54) is 0 Å². The van der Waals surface area contributed by atoms with Gasteiger partial charge >= 0.3 is 0 Å².